The van der Waals surface area contributed by atoms with E-state index in [-0.39, 0.29) is 5.57 Å². The molecule has 0 fully saturated rings. The summed E-state index contributed by atoms with van der Waals surface area (Å²) in [5, 5.41) is 12.7. The van der Waals surface area contributed by atoms with E-state index in [1.54, 1.807) is 6.07 Å². The van der Waals surface area contributed by atoms with Gasteiger partial charge in [0, 0.05) is 12.1 Å². The Morgan fingerprint density at radius 2 is 1.78 bits per heavy atom. The van der Waals surface area contributed by atoms with Gasteiger partial charge < -0.3 is 24.3 Å². The van der Waals surface area contributed by atoms with Crippen molar-refractivity contribution in [2.24, 2.45) is 0 Å². The largest absolute Gasteiger partial charge is 0.495 e. The monoisotopic (exact) mass is 618 g/mol. The van der Waals surface area contributed by atoms with Gasteiger partial charge in [-0.2, -0.15) is 5.26 Å². The second kappa shape index (κ2) is 13.0. The SMILES string of the molecule is CCOc1cc(/C=C(\C#N)C(=O)Nc2cc(OC)c(Cl)cc2OC)cc(I)c1OCc1ccccc1. The van der Waals surface area contributed by atoms with Crippen LogP contribution in [-0.2, 0) is 11.4 Å². The maximum atomic E-state index is 12.9. The Bertz CT molecular complexity index is 1310. The number of nitriles is 1. The normalized spacial score (nSPS) is 10.8. The molecule has 9 heteroatoms. The van der Waals surface area contributed by atoms with Crippen molar-refractivity contribution in [1.29, 1.82) is 5.26 Å². The molecule has 0 radical (unpaired) electrons. The number of rotatable bonds is 10. The molecule has 0 bridgehead atoms. The molecule has 1 N–H and O–H groups in total. The van der Waals surface area contributed by atoms with Crippen LogP contribution in [0.2, 0.25) is 5.02 Å². The standard InChI is InChI=1S/C27H24ClIN2O5/c1-4-35-25-12-18(11-21(29)26(25)36-16-17-8-6-5-7-9-17)10-19(15-30)27(32)31-22-14-23(33-2)20(28)13-24(22)34-3/h5-14H,4,16H2,1-3H3,(H,31,32)/b19-10+. The number of ether oxygens (including phenoxy) is 4. The number of benzene rings is 3. The number of nitrogens with zero attached hydrogens (tertiary/aromatic N) is 1. The highest BCUT2D eigenvalue weighted by molar-refractivity contribution is 14.1. The van der Waals surface area contributed by atoms with Crippen LogP contribution in [0.25, 0.3) is 6.08 Å². The van der Waals surface area contributed by atoms with Crippen LogP contribution in [0.1, 0.15) is 18.1 Å². The van der Waals surface area contributed by atoms with Crippen LogP contribution < -0.4 is 24.3 Å². The van der Waals surface area contributed by atoms with E-state index in [4.69, 9.17) is 30.5 Å². The van der Waals surface area contributed by atoms with E-state index >= 15 is 0 Å². The predicted octanol–water partition coefficient (Wildman–Crippen LogP) is 6.49. The van der Waals surface area contributed by atoms with Gasteiger partial charge in [0.1, 0.15) is 29.7 Å². The molecule has 0 aliphatic carbocycles. The van der Waals surface area contributed by atoms with E-state index in [1.807, 2.05) is 49.4 Å². The number of amides is 1. The van der Waals surface area contributed by atoms with Gasteiger partial charge in [0.2, 0.25) is 0 Å². The third kappa shape index (κ3) is 6.83. The van der Waals surface area contributed by atoms with Gasteiger partial charge in [-0.1, -0.05) is 41.9 Å². The lowest BCUT2D eigenvalue weighted by molar-refractivity contribution is -0.112. The first-order valence-electron chi connectivity index (χ1n) is 10.9. The molecule has 3 rings (SSSR count). The fourth-order valence-electron chi connectivity index (χ4n) is 3.27. The predicted molar refractivity (Wildman–Crippen MR) is 148 cm³/mol. The highest BCUT2D eigenvalue weighted by atomic mass is 127. The molecule has 7 nitrogen and oxygen atoms in total. The zero-order valence-electron chi connectivity index (χ0n) is 19.9. The average molecular weight is 619 g/mol. The second-order valence-corrected chi connectivity index (χ2v) is 8.92. The van der Waals surface area contributed by atoms with Crippen molar-refractivity contribution < 1.29 is 23.7 Å². The number of hydrogen-bond donors (Lipinski definition) is 1. The zero-order valence-corrected chi connectivity index (χ0v) is 22.8. The molecular weight excluding hydrogens is 595 g/mol. The molecule has 36 heavy (non-hydrogen) atoms. The van der Waals surface area contributed by atoms with Crippen LogP contribution in [0.4, 0.5) is 5.69 Å². The Morgan fingerprint density at radius 3 is 2.42 bits per heavy atom. The van der Waals surface area contributed by atoms with Gasteiger partial charge in [0.05, 0.1) is 35.1 Å². The summed E-state index contributed by atoms with van der Waals surface area (Å²) in [4.78, 5) is 12.9. The summed E-state index contributed by atoms with van der Waals surface area (Å²) in [5.74, 6) is 1.20. The molecule has 0 spiro atoms. The summed E-state index contributed by atoms with van der Waals surface area (Å²) in [7, 11) is 2.91. The summed E-state index contributed by atoms with van der Waals surface area (Å²) in [6.07, 6.45) is 1.49. The number of carbonyl (C=O) groups is 1. The first-order chi connectivity index (χ1) is 17.4. The van der Waals surface area contributed by atoms with Gasteiger partial charge in [0.25, 0.3) is 5.91 Å². The summed E-state index contributed by atoms with van der Waals surface area (Å²) >= 11 is 8.28. The lowest BCUT2D eigenvalue weighted by atomic mass is 10.1. The van der Waals surface area contributed by atoms with Crippen molar-refractivity contribution in [2.45, 2.75) is 13.5 Å². The van der Waals surface area contributed by atoms with Crippen LogP contribution in [0.3, 0.4) is 0 Å². The van der Waals surface area contributed by atoms with Crippen LogP contribution in [0.5, 0.6) is 23.0 Å². The van der Waals surface area contributed by atoms with Gasteiger partial charge in [-0.15, -0.1) is 0 Å². The minimum Gasteiger partial charge on any atom is -0.495 e. The maximum absolute atomic E-state index is 12.9. The molecular formula is C27H24ClIN2O5. The van der Waals surface area contributed by atoms with Crippen LogP contribution >= 0.6 is 34.2 Å². The lowest BCUT2D eigenvalue weighted by Crippen LogP contribution is -2.14. The highest BCUT2D eigenvalue weighted by Gasteiger charge is 2.17. The number of hydrogen-bond acceptors (Lipinski definition) is 6. The fourth-order valence-corrected chi connectivity index (χ4v) is 4.28. The molecule has 186 valence electrons. The molecule has 0 saturated heterocycles. The van der Waals surface area contributed by atoms with E-state index in [0.29, 0.717) is 52.5 Å². The third-order valence-corrected chi connectivity index (χ3v) is 6.05. The molecule has 0 aliphatic rings. The number of carbonyl (C=O) groups excluding carboxylic acids is 1. The van der Waals surface area contributed by atoms with Crippen LogP contribution in [0, 0.1) is 14.9 Å². The van der Waals surface area contributed by atoms with E-state index < -0.39 is 5.91 Å². The van der Waals surface area contributed by atoms with E-state index in [2.05, 4.69) is 27.9 Å². The van der Waals surface area contributed by atoms with Gasteiger partial charge in [-0.3, -0.25) is 4.79 Å². The quantitative estimate of drug-likeness (QED) is 0.159. The van der Waals surface area contributed by atoms with E-state index in [9.17, 15) is 10.1 Å². The summed E-state index contributed by atoms with van der Waals surface area (Å²) < 4.78 is 23.1. The molecule has 0 aromatic heterocycles. The Hall–Kier alpha value is -3.42. The van der Waals surface area contributed by atoms with Crippen molar-refractivity contribution in [1.82, 2.24) is 0 Å². The maximum Gasteiger partial charge on any atom is 0.266 e. The average Bonchev–Trinajstić information content (AvgIpc) is 2.88. The number of nitrogens with one attached hydrogen (secondary N) is 1. The van der Waals surface area contributed by atoms with Gasteiger partial charge in [0.15, 0.2) is 11.5 Å². The summed E-state index contributed by atoms with van der Waals surface area (Å²) in [6.45, 7) is 2.68. The molecule has 3 aromatic carbocycles. The lowest BCUT2D eigenvalue weighted by Gasteiger charge is -2.15. The van der Waals surface area contributed by atoms with Crippen molar-refractivity contribution in [3.63, 3.8) is 0 Å². The Morgan fingerprint density at radius 1 is 1.06 bits per heavy atom. The van der Waals surface area contributed by atoms with Gasteiger partial charge in [-0.05, 0) is 58.9 Å². The number of anilines is 1. The Labute approximate surface area is 228 Å². The number of halogens is 2. The number of methoxy groups -OCH3 is 2. The summed E-state index contributed by atoms with van der Waals surface area (Å²) in [5.41, 5.74) is 1.85. The van der Waals surface area contributed by atoms with Crippen LogP contribution in [-0.4, -0.2) is 26.7 Å². The minimum absolute atomic E-state index is 0.109. The van der Waals surface area contributed by atoms with Crippen molar-refractivity contribution >= 4 is 51.9 Å². The van der Waals surface area contributed by atoms with Gasteiger partial charge >= 0.3 is 0 Å². The fraction of sp³-hybridized carbons (Fsp3) is 0.185. The van der Waals surface area contributed by atoms with E-state index in [0.717, 1.165) is 9.13 Å². The molecule has 0 unspecified atom stereocenters. The smallest absolute Gasteiger partial charge is 0.266 e. The molecule has 1 amide bonds. The third-order valence-electron chi connectivity index (χ3n) is 4.96. The van der Waals surface area contributed by atoms with Crippen molar-refractivity contribution in [3.8, 4) is 29.1 Å². The second-order valence-electron chi connectivity index (χ2n) is 7.35. The first-order valence-corrected chi connectivity index (χ1v) is 12.3. The summed E-state index contributed by atoms with van der Waals surface area (Å²) in [6, 6.07) is 18.4. The Kier molecular flexibility index (Phi) is 9.85. The molecule has 0 aliphatic heterocycles. The van der Waals surface area contributed by atoms with Gasteiger partial charge in [-0.25, -0.2) is 0 Å². The van der Waals surface area contributed by atoms with Crippen molar-refractivity contribution in [2.75, 3.05) is 26.1 Å². The molecule has 0 atom stereocenters. The zero-order chi connectivity index (χ0) is 26.1. The Balaban J connectivity index is 1.88. The first kappa shape index (κ1) is 27.2. The van der Waals surface area contributed by atoms with Crippen LogP contribution in [0.15, 0.2) is 60.2 Å². The topological polar surface area (TPSA) is 89.8 Å². The minimum atomic E-state index is -0.613. The molecule has 0 heterocycles. The molecule has 0 saturated carbocycles. The molecule has 3 aromatic rings. The highest BCUT2D eigenvalue weighted by Crippen LogP contribution is 2.37. The van der Waals surface area contributed by atoms with E-state index in [1.165, 1.54) is 32.4 Å². The van der Waals surface area contributed by atoms with Crippen molar-refractivity contribution in [3.05, 3.63) is 79.9 Å².